The summed E-state index contributed by atoms with van der Waals surface area (Å²) in [7, 11) is 0. The first-order chi connectivity index (χ1) is 18.4. The number of carbonyl (C=O) groups excluding carboxylic acids is 2. The summed E-state index contributed by atoms with van der Waals surface area (Å²) in [5, 5.41) is 4.15. The number of ether oxygens (including phenoxy) is 1. The van der Waals surface area contributed by atoms with E-state index in [4.69, 9.17) is 4.74 Å². The predicted molar refractivity (Wildman–Crippen MR) is 153 cm³/mol. The Bertz CT molecular complexity index is 1710. The topological polar surface area (TPSA) is 51.5 Å². The Labute approximate surface area is 222 Å². The highest BCUT2D eigenvalue weighted by Crippen LogP contribution is 2.33. The van der Waals surface area contributed by atoms with Crippen molar-refractivity contribution in [1.82, 2.24) is 9.47 Å². The van der Waals surface area contributed by atoms with Crippen molar-refractivity contribution in [2.45, 2.75) is 32.9 Å². The number of rotatable bonds is 6. The molecule has 1 aromatic heterocycles. The lowest BCUT2D eigenvalue weighted by Crippen LogP contribution is -2.54. The van der Waals surface area contributed by atoms with Crippen LogP contribution in [0.25, 0.3) is 32.6 Å². The molecule has 0 amide bonds. The van der Waals surface area contributed by atoms with Gasteiger partial charge in [-0.15, -0.1) is 0 Å². The first-order valence-electron chi connectivity index (χ1n) is 13.4. The quantitative estimate of drug-likeness (QED) is 0.248. The number of Topliss-reactive ketones (excluding diaryl/α,β-unsaturated/α-hetero) is 1. The average molecular weight is 505 g/mol. The molecule has 4 aromatic carbocycles. The van der Waals surface area contributed by atoms with Crippen LogP contribution in [-0.2, 0) is 11.3 Å². The molecule has 1 saturated heterocycles. The van der Waals surface area contributed by atoms with Gasteiger partial charge in [0.1, 0.15) is 0 Å². The molecular weight excluding hydrogens is 472 g/mol. The van der Waals surface area contributed by atoms with Crippen molar-refractivity contribution in [2.24, 2.45) is 0 Å². The molecule has 1 aliphatic rings. The van der Waals surface area contributed by atoms with E-state index >= 15 is 0 Å². The Morgan fingerprint density at radius 1 is 0.763 bits per heavy atom. The monoisotopic (exact) mass is 504 g/mol. The van der Waals surface area contributed by atoms with Crippen LogP contribution in [0.15, 0.2) is 78.9 Å². The summed E-state index contributed by atoms with van der Waals surface area (Å²) in [6.07, 6.45) is 0. The van der Waals surface area contributed by atoms with Gasteiger partial charge < -0.3 is 9.30 Å². The van der Waals surface area contributed by atoms with Crippen LogP contribution >= 0.6 is 0 Å². The number of hydrogen-bond donors (Lipinski definition) is 0. The van der Waals surface area contributed by atoms with Crippen LogP contribution in [-0.4, -0.2) is 52.9 Å². The first kappa shape index (κ1) is 24.5. The second-order valence-electron chi connectivity index (χ2n) is 10.6. The van der Waals surface area contributed by atoms with E-state index in [1.165, 1.54) is 0 Å². The molecule has 38 heavy (non-hydrogen) atoms. The normalized spacial score (nSPS) is 14.9. The van der Waals surface area contributed by atoms with Crippen LogP contribution < -0.4 is 0 Å². The van der Waals surface area contributed by atoms with E-state index in [1.54, 1.807) is 0 Å². The lowest BCUT2D eigenvalue weighted by Gasteiger charge is -2.39. The molecule has 0 unspecified atom stereocenters. The predicted octanol–water partition coefficient (Wildman–Crippen LogP) is 6.49. The Hall–Kier alpha value is -3.80. The fourth-order valence-electron chi connectivity index (χ4n) is 5.84. The summed E-state index contributed by atoms with van der Waals surface area (Å²) < 4.78 is 7.75. The molecule has 0 N–H and O–H groups in total. The van der Waals surface area contributed by atoms with Gasteiger partial charge in [-0.1, -0.05) is 36.4 Å². The molecule has 0 aliphatic carbocycles. The van der Waals surface area contributed by atoms with E-state index in [1.807, 2.05) is 86.6 Å². The number of hydrogen-bond acceptors (Lipinski definition) is 4. The van der Waals surface area contributed by atoms with Crippen molar-refractivity contribution in [2.75, 3.05) is 26.3 Å². The molecule has 192 valence electrons. The Morgan fingerprint density at radius 3 is 2.03 bits per heavy atom. The number of carbonyl (C=O) groups is 2. The second kappa shape index (κ2) is 9.50. The largest absolute Gasteiger partial charge is 0.379 e. The van der Waals surface area contributed by atoms with Crippen LogP contribution in [0.2, 0.25) is 0 Å². The summed E-state index contributed by atoms with van der Waals surface area (Å²) >= 11 is 0. The van der Waals surface area contributed by atoms with Crippen molar-refractivity contribution in [3.8, 4) is 0 Å². The van der Waals surface area contributed by atoms with E-state index in [0.29, 0.717) is 29.9 Å². The Balaban J connectivity index is 1.43. The summed E-state index contributed by atoms with van der Waals surface area (Å²) in [4.78, 5) is 29.5. The third-order valence-electron chi connectivity index (χ3n) is 8.07. The SMILES string of the molecule is CCn1c2ccc(C(=O)c3ccc4ccccc4c3)cc2c2cc(C(=O)C(C)(C)N3CCOCC3)ccc21. The lowest BCUT2D eigenvalue weighted by molar-refractivity contribution is -0.00429. The van der Waals surface area contributed by atoms with E-state index in [-0.39, 0.29) is 11.6 Å². The van der Waals surface area contributed by atoms with Crippen LogP contribution in [0.1, 0.15) is 47.1 Å². The minimum atomic E-state index is -0.627. The van der Waals surface area contributed by atoms with Gasteiger partial charge in [0.25, 0.3) is 0 Å². The fourth-order valence-corrected chi connectivity index (χ4v) is 5.84. The standard InChI is InChI=1S/C33H32N2O3/c1-4-35-29-13-11-25(31(36)24-10-9-22-7-5-6-8-23(22)19-24)20-27(29)28-21-26(12-14-30(28)35)32(37)33(2,3)34-15-17-38-18-16-34/h5-14,19-21H,4,15-18H2,1-3H3. The summed E-state index contributed by atoms with van der Waals surface area (Å²) in [5.74, 6) is 0.0952. The van der Waals surface area contributed by atoms with Gasteiger partial charge in [-0.2, -0.15) is 0 Å². The molecule has 0 bridgehead atoms. The van der Waals surface area contributed by atoms with E-state index in [2.05, 4.69) is 22.5 Å². The third kappa shape index (κ3) is 4.03. The molecule has 0 saturated carbocycles. The van der Waals surface area contributed by atoms with Crippen LogP contribution in [0, 0.1) is 0 Å². The second-order valence-corrected chi connectivity index (χ2v) is 10.6. The molecular formula is C33H32N2O3. The minimum Gasteiger partial charge on any atom is -0.379 e. The maximum Gasteiger partial charge on any atom is 0.193 e. The zero-order chi connectivity index (χ0) is 26.4. The van der Waals surface area contributed by atoms with E-state index < -0.39 is 5.54 Å². The van der Waals surface area contributed by atoms with Crippen molar-refractivity contribution < 1.29 is 14.3 Å². The molecule has 1 fully saturated rings. The highest BCUT2D eigenvalue weighted by Gasteiger charge is 2.36. The molecule has 5 nitrogen and oxygen atoms in total. The zero-order valence-electron chi connectivity index (χ0n) is 22.2. The maximum absolute atomic E-state index is 13.7. The number of benzene rings is 4. The van der Waals surface area contributed by atoms with Gasteiger partial charge in [-0.25, -0.2) is 0 Å². The molecule has 2 heterocycles. The first-order valence-corrected chi connectivity index (χ1v) is 13.4. The van der Waals surface area contributed by atoms with Gasteiger partial charge in [0.2, 0.25) is 0 Å². The van der Waals surface area contributed by atoms with Crippen molar-refractivity contribution in [3.05, 3.63) is 95.6 Å². The molecule has 6 rings (SSSR count). The highest BCUT2D eigenvalue weighted by molar-refractivity contribution is 6.16. The van der Waals surface area contributed by atoms with Gasteiger partial charge in [0.05, 0.1) is 18.8 Å². The van der Waals surface area contributed by atoms with Crippen LogP contribution in [0.4, 0.5) is 0 Å². The van der Waals surface area contributed by atoms with Crippen LogP contribution in [0.5, 0.6) is 0 Å². The number of aryl methyl sites for hydroxylation is 1. The molecule has 0 radical (unpaired) electrons. The number of aromatic nitrogens is 1. The number of nitrogens with zero attached hydrogens (tertiary/aromatic N) is 2. The lowest BCUT2D eigenvalue weighted by atomic mass is 9.90. The molecule has 5 aromatic rings. The highest BCUT2D eigenvalue weighted by atomic mass is 16.5. The Morgan fingerprint density at radius 2 is 1.34 bits per heavy atom. The fraction of sp³-hybridized carbons (Fsp3) is 0.273. The maximum atomic E-state index is 13.7. The summed E-state index contributed by atoms with van der Waals surface area (Å²) in [6.45, 7) is 9.70. The van der Waals surface area contributed by atoms with Crippen LogP contribution in [0.3, 0.4) is 0 Å². The minimum absolute atomic E-state index is 0.00395. The van der Waals surface area contributed by atoms with E-state index in [0.717, 1.165) is 52.2 Å². The third-order valence-corrected chi connectivity index (χ3v) is 8.07. The van der Waals surface area contributed by atoms with Crippen molar-refractivity contribution in [3.63, 3.8) is 0 Å². The molecule has 0 spiro atoms. The smallest absolute Gasteiger partial charge is 0.193 e. The number of fused-ring (bicyclic) bond motifs is 4. The molecule has 1 aliphatic heterocycles. The average Bonchev–Trinajstić information content (AvgIpc) is 3.28. The summed E-state index contributed by atoms with van der Waals surface area (Å²) in [6, 6.07) is 25.9. The van der Waals surface area contributed by atoms with Gasteiger partial charge in [-0.3, -0.25) is 14.5 Å². The van der Waals surface area contributed by atoms with Gasteiger partial charge >= 0.3 is 0 Å². The van der Waals surface area contributed by atoms with Crippen molar-refractivity contribution in [1.29, 1.82) is 0 Å². The zero-order valence-corrected chi connectivity index (χ0v) is 22.2. The molecule has 0 atom stereocenters. The summed E-state index contributed by atoms with van der Waals surface area (Å²) in [5.41, 5.74) is 3.51. The van der Waals surface area contributed by atoms with Gasteiger partial charge in [0.15, 0.2) is 11.6 Å². The van der Waals surface area contributed by atoms with E-state index in [9.17, 15) is 9.59 Å². The van der Waals surface area contributed by atoms with Gasteiger partial charge in [0, 0.05) is 58.1 Å². The Kier molecular flexibility index (Phi) is 6.13. The van der Waals surface area contributed by atoms with Crippen molar-refractivity contribution >= 4 is 44.1 Å². The molecule has 5 heteroatoms. The van der Waals surface area contributed by atoms with Gasteiger partial charge in [-0.05, 0) is 74.0 Å². The number of morpholine rings is 1. The number of ketones is 2.